The van der Waals surface area contributed by atoms with Gasteiger partial charge in [0.25, 0.3) is 5.91 Å². The normalized spacial score (nSPS) is 14.9. The molecule has 1 saturated heterocycles. The summed E-state index contributed by atoms with van der Waals surface area (Å²) >= 11 is 1.48. The number of rotatable bonds is 4. The molecule has 0 aliphatic carbocycles. The molecule has 1 aromatic carbocycles. The molecule has 1 fully saturated rings. The van der Waals surface area contributed by atoms with E-state index in [4.69, 9.17) is 0 Å². The number of hydrogen-bond donors (Lipinski definition) is 1. The molecular weight excluding hydrogens is 348 g/mol. The van der Waals surface area contributed by atoms with Crippen molar-refractivity contribution >= 4 is 23.3 Å². The molecule has 138 valence electrons. The van der Waals surface area contributed by atoms with Crippen LogP contribution in [0, 0.1) is 5.92 Å². The van der Waals surface area contributed by atoms with E-state index in [0.717, 1.165) is 36.5 Å². The second-order valence-electron chi connectivity index (χ2n) is 6.72. The number of likely N-dealkylation sites (tertiary alicyclic amines) is 1. The van der Waals surface area contributed by atoms with Crippen LogP contribution in [0.25, 0.3) is 10.6 Å². The second-order valence-corrected chi connectivity index (χ2v) is 7.58. The summed E-state index contributed by atoms with van der Waals surface area (Å²) in [7, 11) is 3.54. The number of piperidine rings is 1. The molecule has 1 N–H and O–H groups in total. The van der Waals surface area contributed by atoms with Gasteiger partial charge in [0.05, 0.1) is 0 Å². The summed E-state index contributed by atoms with van der Waals surface area (Å²) in [5.41, 5.74) is 1.49. The van der Waals surface area contributed by atoms with Crippen molar-refractivity contribution in [1.82, 2.24) is 20.1 Å². The van der Waals surface area contributed by atoms with Gasteiger partial charge in [0, 0.05) is 44.7 Å². The van der Waals surface area contributed by atoms with E-state index in [9.17, 15) is 9.59 Å². The van der Waals surface area contributed by atoms with Crippen LogP contribution in [0.3, 0.4) is 0 Å². The van der Waals surface area contributed by atoms with Gasteiger partial charge in [0.1, 0.15) is 10.7 Å². The first kappa shape index (κ1) is 18.4. The first-order valence-corrected chi connectivity index (χ1v) is 9.68. The number of nitrogens with zero attached hydrogens (tertiary/aromatic N) is 3. The number of carbonyl (C=O) groups is 2. The molecule has 0 radical (unpaired) electrons. The van der Waals surface area contributed by atoms with Crippen molar-refractivity contribution in [3.63, 3.8) is 0 Å². The Morgan fingerprint density at radius 1 is 1.23 bits per heavy atom. The number of thiazole rings is 1. The van der Waals surface area contributed by atoms with Crippen molar-refractivity contribution in [2.24, 2.45) is 5.92 Å². The van der Waals surface area contributed by atoms with E-state index in [2.05, 4.69) is 10.3 Å². The molecule has 0 atom stereocenters. The zero-order valence-electron chi connectivity index (χ0n) is 15.1. The summed E-state index contributed by atoms with van der Waals surface area (Å²) in [5.74, 6) is 0.271. The molecule has 0 saturated carbocycles. The van der Waals surface area contributed by atoms with Gasteiger partial charge >= 0.3 is 6.03 Å². The fraction of sp³-hybridized carbons (Fsp3) is 0.421. The maximum Gasteiger partial charge on any atom is 0.319 e. The molecule has 7 heteroatoms. The Labute approximate surface area is 157 Å². The fourth-order valence-electron chi connectivity index (χ4n) is 3.03. The lowest BCUT2D eigenvalue weighted by molar-refractivity contribution is 0.0931. The van der Waals surface area contributed by atoms with Crippen molar-refractivity contribution in [2.75, 3.05) is 33.7 Å². The molecule has 2 heterocycles. The number of nitrogens with one attached hydrogen (secondary N) is 1. The zero-order valence-corrected chi connectivity index (χ0v) is 16.0. The Hall–Kier alpha value is -2.41. The first-order chi connectivity index (χ1) is 12.5. The van der Waals surface area contributed by atoms with Gasteiger partial charge in [-0.1, -0.05) is 30.3 Å². The van der Waals surface area contributed by atoms with Crippen molar-refractivity contribution in [1.29, 1.82) is 0 Å². The molecule has 26 heavy (non-hydrogen) atoms. The summed E-state index contributed by atoms with van der Waals surface area (Å²) in [4.78, 5) is 32.2. The number of benzene rings is 1. The summed E-state index contributed by atoms with van der Waals surface area (Å²) in [6, 6.07) is 9.92. The highest BCUT2D eigenvalue weighted by atomic mass is 32.1. The maximum absolute atomic E-state index is 12.4. The first-order valence-electron chi connectivity index (χ1n) is 8.80. The zero-order chi connectivity index (χ0) is 18.5. The van der Waals surface area contributed by atoms with Crippen molar-refractivity contribution in [3.8, 4) is 10.6 Å². The lowest BCUT2D eigenvalue weighted by Crippen LogP contribution is -2.45. The monoisotopic (exact) mass is 372 g/mol. The van der Waals surface area contributed by atoms with Crippen LogP contribution in [0.2, 0.25) is 0 Å². The standard InChI is InChI=1S/C19H24N4O2S/c1-22(2)19(25)23-10-8-14(9-11-23)12-20-17(24)16-13-26-18(21-16)15-6-4-3-5-7-15/h3-7,13-14H,8-12H2,1-2H3,(H,20,24). The van der Waals surface area contributed by atoms with Gasteiger partial charge in [-0.2, -0.15) is 0 Å². The summed E-state index contributed by atoms with van der Waals surface area (Å²) < 4.78 is 0. The molecule has 3 rings (SSSR count). The third-order valence-corrected chi connectivity index (χ3v) is 5.47. The third kappa shape index (κ3) is 4.40. The van der Waals surface area contributed by atoms with Crippen LogP contribution in [-0.2, 0) is 0 Å². The molecule has 0 spiro atoms. The summed E-state index contributed by atoms with van der Waals surface area (Å²) in [6.45, 7) is 2.11. The minimum Gasteiger partial charge on any atom is -0.350 e. The predicted molar refractivity (Wildman–Crippen MR) is 103 cm³/mol. The van der Waals surface area contributed by atoms with E-state index in [1.165, 1.54) is 11.3 Å². The van der Waals surface area contributed by atoms with Gasteiger partial charge in [0.15, 0.2) is 0 Å². The highest BCUT2D eigenvalue weighted by Gasteiger charge is 2.24. The number of carbonyl (C=O) groups excluding carboxylic acids is 2. The predicted octanol–water partition coefficient (Wildman–Crippen LogP) is 2.93. The van der Waals surface area contributed by atoms with Gasteiger partial charge in [0.2, 0.25) is 0 Å². The van der Waals surface area contributed by atoms with Crippen molar-refractivity contribution in [3.05, 3.63) is 41.4 Å². The Morgan fingerprint density at radius 2 is 1.92 bits per heavy atom. The molecule has 0 bridgehead atoms. The Morgan fingerprint density at radius 3 is 2.58 bits per heavy atom. The van der Waals surface area contributed by atoms with E-state index in [0.29, 0.717) is 18.2 Å². The Kier molecular flexibility index (Phi) is 5.88. The van der Waals surface area contributed by atoms with Crippen molar-refractivity contribution in [2.45, 2.75) is 12.8 Å². The van der Waals surface area contributed by atoms with Crippen LogP contribution < -0.4 is 5.32 Å². The molecule has 1 aliphatic rings. The van der Waals surface area contributed by atoms with Crippen LogP contribution in [0.5, 0.6) is 0 Å². The maximum atomic E-state index is 12.4. The highest BCUT2D eigenvalue weighted by molar-refractivity contribution is 7.13. The largest absolute Gasteiger partial charge is 0.350 e. The van der Waals surface area contributed by atoms with Gasteiger partial charge in [-0.25, -0.2) is 9.78 Å². The third-order valence-electron chi connectivity index (χ3n) is 4.58. The van der Waals surface area contributed by atoms with Crippen molar-refractivity contribution < 1.29 is 9.59 Å². The topological polar surface area (TPSA) is 65.5 Å². The van der Waals surface area contributed by atoms with Crippen LogP contribution in [-0.4, -0.2) is 60.5 Å². The van der Waals surface area contributed by atoms with Crippen LogP contribution in [0.1, 0.15) is 23.3 Å². The molecule has 1 aliphatic heterocycles. The number of hydrogen-bond acceptors (Lipinski definition) is 4. The van der Waals surface area contributed by atoms with Gasteiger partial charge < -0.3 is 15.1 Å². The minimum atomic E-state index is -0.129. The van der Waals surface area contributed by atoms with Gasteiger partial charge in [-0.15, -0.1) is 11.3 Å². The number of urea groups is 1. The smallest absolute Gasteiger partial charge is 0.319 e. The summed E-state index contributed by atoms with van der Waals surface area (Å²) in [5, 5.41) is 5.65. The van der Waals surface area contributed by atoms with E-state index in [-0.39, 0.29) is 11.9 Å². The molecule has 1 aromatic heterocycles. The van der Waals surface area contributed by atoms with E-state index in [1.807, 2.05) is 35.2 Å². The van der Waals surface area contributed by atoms with Crippen LogP contribution in [0.15, 0.2) is 35.7 Å². The average Bonchev–Trinajstić information content (AvgIpc) is 3.17. The van der Waals surface area contributed by atoms with Gasteiger partial charge in [-0.3, -0.25) is 4.79 Å². The lowest BCUT2D eigenvalue weighted by Gasteiger charge is -2.33. The second kappa shape index (κ2) is 8.31. The highest BCUT2D eigenvalue weighted by Crippen LogP contribution is 2.23. The van der Waals surface area contributed by atoms with E-state index in [1.54, 1.807) is 24.4 Å². The van der Waals surface area contributed by atoms with Crippen LogP contribution in [0.4, 0.5) is 4.79 Å². The molecule has 0 unspecified atom stereocenters. The number of aromatic nitrogens is 1. The van der Waals surface area contributed by atoms with E-state index >= 15 is 0 Å². The Balaban J connectivity index is 1.48. The average molecular weight is 372 g/mol. The number of amides is 3. The van der Waals surface area contributed by atoms with E-state index < -0.39 is 0 Å². The lowest BCUT2D eigenvalue weighted by atomic mass is 9.97. The SMILES string of the molecule is CN(C)C(=O)N1CCC(CNC(=O)c2csc(-c3ccccc3)n2)CC1. The Bertz CT molecular complexity index is 752. The summed E-state index contributed by atoms with van der Waals surface area (Å²) in [6.07, 6.45) is 1.82. The molecule has 2 aromatic rings. The van der Waals surface area contributed by atoms with Crippen LogP contribution >= 0.6 is 11.3 Å². The quantitative estimate of drug-likeness (QED) is 0.897. The van der Waals surface area contributed by atoms with Gasteiger partial charge in [-0.05, 0) is 18.8 Å². The molecule has 3 amide bonds. The molecular formula is C19H24N4O2S. The minimum absolute atomic E-state index is 0.0587. The molecule has 6 nitrogen and oxygen atoms in total. The fourth-order valence-corrected chi connectivity index (χ4v) is 3.84.